The normalized spacial score (nSPS) is 19.7. The molecule has 5 heteroatoms. The summed E-state index contributed by atoms with van der Waals surface area (Å²) in [7, 11) is 0. The van der Waals surface area contributed by atoms with Crippen molar-refractivity contribution in [2.75, 3.05) is 26.2 Å². The fraction of sp³-hybridized carbons (Fsp3) is 0.588. The van der Waals surface area contributed by atoms with Crippen molar-refractivity contribution in [2.45, 2.75) is 32.1 Å². The summed E-state index contributed by atoms with van der Waals surface area (Å²) in [6.45, 7) is 3.42. The number of carbonyl (C=O) groups excluding carboxylic acids is 2. The number of rotatable bonds is 4. The van der Waals surface area contributed by atoms with Crippen molar-refractivity contribution in [3.63, 3.8) is 0 Å². The largest absolute Gasteiger partial charge is 0.342 e. The molecule has 2 fully saturated rings. The van der Waals surface area contributed by atoms with Crippen LogP contribution in [0, 0.1) is 5.92 Å². The highest BCUT2D eigenvalue weighted by molar-refractivity contribution is 5.79. The van der Waals surface area contributed by atoms with Gasteiger partial charge in [-0.05, 0) is 36.8 Å². The summed E-state index contributed by atoms with van der Waals surface area (Å²) >= 11 is 0. The second-order valence-electron chi connectivity index (χ2n) is 6.31. The van der Waals surface area contributed by atoms with Gasteiger partial charge in [0.2, 0.25) is 11.8 Å². The summed E-state index contributed by atoms with van der Waals surface area (Å²) in [5.41, 5.74) is 0.970. The maximum absolute atomic E-state index is 12.3. The molecule has 0 aromatic carbocycles. The van der Waals surface area contributed by atoms with E-state index in [1.807, 2.05) is 21.9 Å². The van der Waals surface area contributed by atoms with Gasteiger partial charge in [0, 0.05) is 45.0 Å². The van der Waals surface area contributed by atoms with Gasteiger partial charge in [-0.3, -0.25) is 14.6 Å². The Labute approximate surface area is 131 Å². The molecule has 0 N–H and O–H groups in total. The van der Waals surface area contributed by atoms with Crippen LogP contribution in [-0.4, -0.2) is 52.8 Å². The number of aromatic nitrogens is 1. The Kier molecular flexibility index (Phi) is 4.71. The minimum Gasteiger partial charge on any atom is -0.342 e. The standard InChI is InChI=1S/C17H23N3O2/c21-16-4-2-8-20(16)13-14-5-9-19(10-6-14)17(22)11-15-3-1-7-18-12-15/h1,3,7,12,14H,2,4-6,8-11,13H2. The van der Waals surface area contributed by atoms with Crippen LogP contribution < -0.4 is 0 Å². The van der Waals surface area contributed by atoms with E-state index in [4.69, 9.17) is 0 Å². The zero-order valence-electron chi connectivity index (χ0n) is 12.9. The summed E-state index contributed by atoms with van der Waals surface area (Å²) in [6.07, 6.45) is 7.63. The minimum absolute atomic E-state index is 0.184. The zero-order valence-corrected chi connectivity index (χ0v) is 12.9. The van der Waals surface area contributed by atoms with Gasteiger partial charge < -0.3 is 9.80 Å². The SMILES string of the molecule is O=C(Cc1cccnc1)N1CCC(CN2CCCC2=O)CC1. The van der Waals surface area contributed by atoms with Gasteiger partial charge in [-0.25, -0.2) is 0 Å². The lowest BCUT2D eigenvalue weighted by molar-refractivity contribution is -0.133. The molecule has 2 aliphatic rings. The van der Waals surface area contributed by atoms with Crippen molar-refractivity contribution < 1.29 is 9.59 Å². The van der Waals surface area contributed by atoms with E-state index in [1.165, 1.54) is 0 Å². The topological polar surface area (TPSA) is 53.5 Å². The first-order chi connectivity index (χ1) is 10.7. The molecule has 0 atom stereocenters. The Morgan fingerprint density at radius 3 is 2.73 bits per heavy atom. The molecule has 0 unspecified atom stereocenters. The van der Waals surface area contributed by atoms with Gasteiger partial charge in [0.25, 0.3) is 0 Å². The van der Waals surface area contributed by atoms with E-state index in [-0.39, 0.29) is 5.91 Å². The van der Waals surface area contributed by atoms with E-state index in [1.54, 1.807) is 12.4 Å². The van der Waals surface area contributed by atoms with E-state index < -0.39 is 0 Å². The molecule has 0 radical (unpaired) electrons. The van der Waals surface area contributed by atoms with Crippen LogP contribution in [0.5, 0.6) is 0 Å². The van der Waals surface area contributed by atoms with Gasteiger partial charge >= 0.3 is 0 Å². The van der Waals surface area contributed by atoms with Crippen LogP contribution in [0.4, 0.5) is 0 Å². The third kappa shape index (κ3) is 3.64. The van der Waals surface area contributed by atoms with Crippen LogP contribution in [0.25, 0.3) is 0 Å². The molecule has 1 aromatic rings. The molecule has 3 heterocycles. The number of nitrogens with zero attached hydrogens (tertiary/aromatic N) is 3. The summed E-state index contributed by atoms with van der Waals surface area (Å²) in [6, 6.07) is 3.80. The lowest BCUT2D eigenvalue weighted by Crippen LogP contribution is -2.42. The molecule has 0 aliphatic carbocycles. The molecule has 2 aliphatic heterocycles. The molecular formula is C17H23N3O2. The number of pyridine rings is 1. The molecule has 1 aromatic heterocycles. The Morgan fingerprint density at radius 1 is 1.27 bits per heavy atom. The third-order valence-corrected chi connectivity index (χ3v) is 4.70. The third-order valence-electron chi connectivity index (χ3n) is 4.70. The fourth-order valence-electron chi connectivity index (χ4n) is 3.36. The highest BCUT2D eigenvalue weighted by Crippen LogP contribution is 2.21. The van der Waals surface area contributed by atoms with Gasteiger partial charge in [0.05, 0.1) is 6.42 Å². The molecule has 118 valence electrons. The molecule has 0 spiro atoms. The Bertz CT molecular complexity index is 524. The fourth-order valence-corrected chi connectivity index (χ4v) is 3.36. The Balaban J connectivity index is 1.45. The van der Waals surface area contributed by atoms with E-state index in [0.29, 0.717) is 24.7 Å². The monoisotopic (exact) mass is 301 g/mol. The van der Waals surface area contributed by atoms with Crippen LogP contribution in [0.1, 0.15) is 31.2 Å². The Hall–Kier alpha value is -1.91. The van der Waals surface area contributed by atoms with Crippen LogP contribution >= 0.6 is 0 Å². The lowest BCUT2D eigenvalue weighted by atomic mass is 9.96. The van der Waals surface area contributed by atoms with Crippen LogP contribution in [0.2, 0.25) is 0 Å². The minimum atomic E-state index is 0.184. The van der Waals surface area contributed by atoms with Crippen molar-refractivity contribution in [2.24, 2.45) is 5.92 Å². The molecule has 0 saturated carbocycles. The summed E-state index contributed by atoms with van der Waals surface area (Å²) < 4.78 is 0. The quantitative estimate of drug-likeness (QED) is 0.846. The number of piperidine rings is 1. The van der Waals surface area contributed by atoms with Crippen LogP contribution in [0.3, 0.4) is 0 Å². The predicted molar refractivity (Wildman–Crippen MR) is 83.1 cm³/mol. The molecule has 5 nitrogen and oxygen atoms in total. The Morgan fingerprint density at radius 2 is 2.09 bits per heavy atom. The molecule has 0 bridgehead atoms. The van der Waals surface area contributed by atoms with Crippen molar-refractivity contribution in [1.82, 2.24) is 14.8 Å². The van der Waals surface area contributed by atoms with Gasteiger partial charge in [0.1, 0.15) is 0 Å². The highest BCUT2D eigenvalue weighted by Gasteiger charge is 2.27. The first kappa shape index (κ1) is 15.0. The van der Waals surface area contributed by atoms with Crippen molar-refractivity contribution in [3.05, 3.63) is 30.1 Å². The summed E-state index contributed by atoms with van der Waals surface area (Å²) in [5, 5.41) is 0. The van der Waals surface area contributed by atoms with E-state index in [0.717, 1.165) is 51.0 Å². The second kappa shape index (κ2) is 6.90. The first-order valence-electron chi connectivity index (χ1n) is 8.17. The zero-order chi connectivity index (χ0) is 15.4. The first-order valence-corrected chi connectivity index (χ1v) is 8.17. The number of carbonyl (C=O) groups is 2. The molecule has 22 heavy (non-hydrogen) atoms. The lowest BCUT2D eigenvalue weighted by Gasteiger charge is -2.34. The maximum atomic E-state index is 12.3. The van der Waals surface area contributed by atoms with Crippen LogP contribution in [-0.2, 0) is 16.0 Å². The predicted octanol–water partition coefficient (Wildman–Crippen LogP) is 1.49. The van der Waals surface area contributed by atoms with Gasteiger partial charge in [-0.2, -0.15) is 0 Å². The van der Waals surface area contributed by atoms with Gasteiger partial charge in [0.15, 0.2) is 0 Å². The van der Waals surface area contributed by atoms with E-state index >= 15 is 0 Å². The summed E-state index contributed by atoms with van der Waals surface area (Å²) in [5.74, 6) is 1.03. The summed E-state index contributed by atoms with van der Waals surface area (Å²) in [4.78, 5) is 32.0. The van der Waals surface area contributed by atoms with E-state index in [9.17, 15) is 9.59 Å². The molecular weight excluding hydrogens is 278 g/mol. The smallest absolute Gasteiger partial charge is 0.227 e. The van der Waals surface area contributed by atoms with Crippen molar-refractivity contribution in [3.8, 4) is 0 Å². The van der Waals surface area contributed by atoms with Crippen molar-refractivity contribution in [1.29, 1.82) is 0 Å². The molecule has 2 saturated heterocycles. The van der Waals surface area contributed by atoms with Crippen LogP contribution in [0.15, 0.2) is 24.5 Å². The number of hydrogen-bond donors (Lipinski definition) is 0. The average Bonchev–Trinajstić information content (AvgIpc) is 2.94. The molecule has 3 rings (SSSR count). The van der Waals surface area contributed by atoms with Crippen molar-refractivity contribution >= 4 is 11.8 Å². The van der Waals surface area contributed by atoms with Gasteiger partial charge in [-0.15, -0.1) is 0 Å². The van der Waals surface area contributed by atoms with Gasteiger partial charge in [-0.1, -0.05) is 6.07 Å². The maximum Gasteiger partial charge on any atom is 0.227 e. The molecule has 2 amide bonds. The van der Waals surface area contributed by atoms with E-state index in [2.05, 4.69) is 4.98 Å². The average molecular weight is 301 g/mol. The number of hydrogen-bond acceptors (Lipinski definition) is 3. The number of amides is 2. The second-order valence-corrected chi connectivity index (χ2v) is 6.31. The number of likely N-dealkylation sites (tertiary alicyclic amines) is 2. The highest BCUT2D eigenvalue weighted by atomic mass is 16.2.